The minimum absolute atomic E-state index is 0.112. The third-order valence-electron chi connectivity index (χ3n) is 3.89. The van der Waals surface area contributed by atoms with Gasteiger partial charge < -0.3 is 25.4 Å². The molecule has 26 heavy (non-hydrogen) atoms. The molecular weight excluding hydrogens is 360 g/mol. The van der Waals surface area contributed by atoms with E-state index in [-0.39, 0.29) is 12.3 Å². The van der Waals surface area contributed by atoms with E-state index in [0.717, 1.165) is 4.90 Å². The number of hydrogen-bond donors (Lipinski definition) is 4. The summed E-state index contributed by atoms with van der Waals surface area (Å²) in [6.45, 7) is -0.156. The average molecular weight is 378 g/mol. The zero-order valence-corrected chi connectivity index (χ0v) is 14.4. The Morgan fingerprint density at radius 1 is 1.08 bits per heavy atom. The molecule has 1 fully saturated rings. The van der Waals surface area contributed by atoms with E-state index < -0.39 is 29.5 Å². The molecule has 0 spiro atoms. The van der Waals surface area contributed by atoms with Crippen molar-refractivity contribution in [1.82, 2.24) is 0 Å². The van der Waals surface area contributed by atoms with E-state index >= 15 is 0 Å². The number of rotatable bonds is 5. The van der Waals surface area contributed by atoms with Crippen molar-refractivity contribution < 1.29 is 25.0 Å². The molecule has 0 saturated carbocycles. The second kappa shape index (κ2) is 8.02. The van der Waals surface area contributed by atoms with Crippen LogP contribution < -0.4 is 5.32 Å². The molecule has 2 aromatic carbocycles. The molecular formula is C17H18N2O6S. The number of benzene rings is 2. The minimum atomic E-state index is -1.37. The molecule has 0 aromatic heterocycles. The van der Waals surface area contributed by atoms with Crippen molar-refractivity contribution in [1.29, 1.82) is 0 Å². The van der Waals surface area contributed by atoms with Gasteiger partial charge in [-0.3, -0.25) is 10.1 Å². The van der Waals surface area contributed by atoms with Crippen LogP contribution in [0.15, 0.2) is 58.3 Å². The lowest BCUT2D eigenvalue weighted by molar-refractivity contribution is -0.385. The number of nitro benzene ring substituents is 1. The SMILES string of the molecule is O=[N+]([O-])c1cc(N[C@@H]2OC[C@H](O)[C@@H](O)[C@H]2O)cc(Sc2ccccc2)c1. The number of aliphatic hydroxyl groups is 3. The molecule has 2 aromatic rings. The molecule has 4 atom stereocenters. The van der Waals surface area contributed by atoms with E-state index in [1.807, 2.05) is 30.3 Å². The highest BCUT2D eigenvalue weighted by molar-refractivity contribution is 7.99. The fraction of sp³-hybridized carbons (Fsp3) is 0.294. The molecule has 1 heterocycles. The van der Waals surface area contributed by atoms with Gasteiger partial charge in [0, 0.05) is 27.6 Å². The first-order chi connectivity index (χ1) is 12.4. The molecule has 138 valence electrons. The molecule has 3 rings (SSSR count). The molecule has 0 aliphatic carbocycles. The minimum Gasteiger partial charge on any atom is -0.388 e. The number of nitro groups is 1. The highest BCUT2D eigenvalue weighted by Crippen LogP contribution is 2.33. The van der Waals surface area contributed by atoms with Crippen LogP contribution in [-0.2, 0) is 4.74 Å². The molecule has 1 aliphatic rings. The van der Waals surface area contributed by atoms with Gasteiger partial charge in [0.15, 0.2) is 6.23 Å². The van der Waals surface area contributed by atoms with Crippen LogP contribution in [0, 0.1) is 10.1 Å². The van der Waals surface area contributed by atoms with Gasteiger partial charge in [-0.25, -0.2) is 0 Å². The summed E-state index contributed by atoms with van der Waals surface area (Å²) in [5, 5.41) is 43.3. The Kier molecular flexibility index (Phi) is 5.74. The molecule has 0 amide bonds. The van der Waals surface area contributed by atoms with Gasteiger partial charge in [0.2, 0.25) is 0 Å². The number of non-ortho nitro benzene ring substituents is 1. The third kappa shape index (κ3) is 4.32. The summed E-state index contributed by atoms with van der Waals surface area (Å²) in [4.78, 5) is 12.3. The predicted molar refractivity (Wildman–Crippen MR) is 95.0 cm³/mol. The lowest BCUT2D eigenvalue weighted by Crippen LogP contribution is -2.55. The molecule has 0 bridgehead atoms. The number of ether oxygens (including phenoxy) is 1. The van der Waals surface area contributed by atoms with E-state index in [2.05, 4.69) is 5.32 Å². The molecule has 4 N–H and O–H groups in total. The third-order valence-corrected chi connectivity index (χ3v) is 4.87. The normalized spacial score (nSPS) is 25.7. The Balaban J connectivity index is 1.83. The monoisotopic (exact) mass is 378 g/mol. The van der Waals surface area contributed by atoms with Crippen LogP contribution in [0.5, 0.6) is 0 Å². The molecule has 1 aliphatic heterocycles. The first-order valence-corrected chi connectivity index (χ1v) is 8.70. The fourth-order valence-electron chi connectivity index (χ4n) is 2.55. The van der Waals surface area contributed by atoms with Crippen LogP contribution in [-0.4, -0.2) is 51.4 Å². The highest BCUT2D eigenvalue weighted by atomic mass is 32.2. The van der Waals surface area contributed by atoms with Crippen LogP contribution in [0.25, 0.3) is 0 Å². The summed E-state index contributed by atoms with van der Waals surface area (Å²) in [7, 11) is 0. The molecule has 8 nitrogen and oxygen atoms in total. The Bertz CT molecular complexity index is 775. The van der Waals surface area contributed by atoms with E-state index in [4.69, 9.17) is 4.74 Å². The van der Waals surface area contributed by atoms with Crippen molar-refractivity contribution in [2.45, 2.75) is 34.3 Å². The second-order valence-electron chi connectivity index (χ2n) is 5.83. The summed E-state index contributed by atoms with van der Waals surface area (Å²) in [6.07, 6.45) is -4.91. The van der Waals surface area contributed by atoms with Crippen LogP contribution in [0.2, 0.25) is 0 Å². The Hall–Kier alpha value is -2.17. The first-order valence-electron chi connectivity index (χ1n) is 7.89. The fourth-order valence-corrected chi connectivity index (χ4v) is 3.48. The number of aliphatic hydroxyl groups excluding tert-OH is 3. The zero-order chi connectivity index (χ0) is 18.7. The lowest BCUT2D eigenvalue weighted by Gasteiger charge is -2.35. The molecule has 0 radical (unpaired) electrons. The number of hydrogen-bond acceptors (Lipinski definition) is 8. The van der Waals surface area contributed by atoms with Crippen LogP contribution in [0.4, 0.5) is 11.4 Å². The zero-order valence-electron chi connectivity index (χ0n) is 13.6. The van der Waals surface area contributed by atoms with Crippen molar-refractivity contribution in [3.05, 3.63) is 58.6 Å². The molecule has 9 heteroatoms. The summed E-state index contributed by atoms with van der Waals surface area (Å²) < 4.78 is 5.29. The maximum Gasteiger partial charge on any atom is 0.272 e. The van der Waals surface area contributed by atoms with Gasteiger partial charge in [-0.1, -0.05) is 30.0 Å². The van der Waals surface area contributed by atoms with Crippen molar-refractivity contribution >= 4 is 23.1 Å². The first kappa shape index (κ1) is 18.6. The number of nitrogens with one attached hydrogen (secondary N) is 1. The molecule has 0 unspecified atom stereocenters. The van der Waals surface area contributed by atoms with E-state index in [9.17, 15) is 25.4 Å². The quantitative estimate of drug-likeness (QED) is 0.457. The van der Waals surface area contributed by atoms with E-state index in [1.165, 1.54) is 23.9 Å². The topological polar surface area (TPSA) is 125 Å². The largest absolute Gasteiger partial charge is 0.388 e. The highest BCUT2D eigenvalue weighted by Gasteiger charge is 2.37. The summed E-state index contributed by atoms with van der Waals surface area (Å²) in [6, 6.07) is 13.9. The van der Waals surface area contributed by atoms with Gasteiger partial charge in [-0.05, 0) is 18.2 Å². The Labute approximate surface area is 153 Å². The summed E-state index contributed by atoms with van der Waals surface area (Å²) in [5.41, 5.74) is 0.254. The van der Waals surface area contributed by atoms with Gasteiger partial charge in [0.1, 0.15) is 18.3 Å². The van der Waals surface area contributed by atoms with E-state index in [1.54, 1.807) is 6.07 Å². The Morgan fingerprint density at radius 2 is 1.81 bits per heavy atom. The number of anilines is 1. The van der Waals surface area contributed by atoms with Gasteiger partial charge in [-0.15, -0.1) is 0 Å². The average Bonchev–Trinajstić information content (AvgIpc) is 2.63. The predicted octanol–water partition coefficient (Wildman–Crippen LogP) is 1.60. The number of nitrogens with zero attached hydrogens (tertiary/aromatic N) is 1. The summed E-state index contributed by atoms with van der Waals surface area (Å²) >= 11 is 1.36. The van der Waals surface area contributed by atoms with Crippen LogP contribution in [0.1, 0.15) is 0 Å². The standard InChI is InChI=1S/C17H18N2O6S/c20-14-9-25-17(16(22)15(14)21)18-10-6-11(19(23)24)8-13(7-10)26-12-4-2-1-3-5-12/h1-8,14-18,20-22H,9H2/t14-,15+,16+,17+/m0/s1. The molecule has 1 saturated heterocycles. The lowest BCUT2D eigenvalue weighted by atomic mass is 10.0. The van der Waals surface area contributed by atoms with Crippen molar-refractivity contribution in [3.63, 3.8) is 0 Å². The van der Waals surface area contributed by atoms with E-state index in [0.29, 0.717) is 10.6 Å². The van der Waals surface area contributed by atoms with Gasteiger partial charge in [0.25, 0.3) is 5.69 Å². The second-order valence-corrected chi connectivity index (χ2v) is 6.98. The van der Waals surface area contributed by atoms with Gasteiger partial charge in [-0.2, -0.15) is 0 Å². The van der Waals surface area contributed by atoms with Crippen molar-refractivity contribution in [2.24, 2.45) is 0 Å². The van der Waals surface area contributed by atoms with Gasteiger partial charge in [0.05, 0.1) is 11.5 Å². The maximum atomic E-state index is 11.2. The van der Waals surface area contributed by atoms with Gasteiger partial charge >= 0.3 is 0 Å². The van der Waals surface area contributed by atoms with Crippen molar-refractivity contribution in [3.8, 4) is 0 Å². The summed E-state index contributed by atoms with van der Waals surface area (Å²) in [5.74, 6) is 0. The van der Waals surface area contributed by atoms with Crippen LogP contribution >= 0.6 is 11.8 Å². The van der Waals surface area contributed by atoms with Crippen molar-refractivity contribution in [2.75, 3.05) is 11.9 Å². The Morgan fingerprint density at radius 3 is 2.50 bits per heavy atom. The smallest absolute Gasteiger partial charge is 0.272 e. The maximum absolute atomic E-state index is 11.2. The van der Waals surface area contributed by atoms with Crippen LogP contribution in [0.3, 0.4) is 0 Å².